The summed E-state index contributed by atoms with van der Waals surface area (Å²) in [6.45, 7) is 4.51. The van der Waals surface area contributed by atoms with Crippen LogP contribution in [0.2, 0.25) is 0 Å². The first-order valence-electron chi connectivity index (χ1n) is 4.89. The van der Waals surface area contributed by atoms with Crippen molar-refractivity contribution in [3.8, 4) is 0 Å². The van der Waals surface area contributed by atoms with Crippen molar-refractivity contribution >= 4 is 17.3 Å². The largest absolute Gasteiger partial charge is 0.411 e. The summed E-state index contributed by atoms with van der Waals surface area (Å²) in [6, 6.07) is 0. The SMILES string of the molecule is CC(C)CNC(=S)NC1(C(F)(F)F)CC1. The molecule has 0 unspecified atom stereocenters. The minimum absolute atomic E-state index is 0.0959. The second-order valence-corrected chi connectivity index (χ2v) is 4.72. The Bertz CT molecular complexity index is 246. The average molecular weight is 240 g/mol. The highest BCUT2D eigenvalue weighted by Gasteiger charge is 2.63. The maximum atomic E-state index is 12.5. The van der Waals surface area contributed by atoms with E-state index < -0.39 is 11.7 Å². The predicted molar refractivity (Wildman–Crippen MR) is 56.6 cm³/mol. The van der Waals surface area contributed by atoms with Crippen LogP contribution in [0.15, 0.2) is 0 Å². The standard InChI is InChI=1S/C9H15F3N2S/c1-6(2)5-13-7(15)14-8(3-4-8)9(10,11)12/h6H,3-5H2,1-2H3,(H2,13,14,15). The summed E-state index contributed by atoms with van der Waals surface area (Å²) in [6.07, 6.45) is -3.99. The van der Waals surface area contributed by atoms with E-state index in [0.717, 1.165) is 0 Å². The summed E-state index contributed by atoms with van der Waals surface area (Å²) in [5.74, 6) is 0.353. The van der Waals surface area contributed by atoms with E-state index in [1.54, 1.807) is 0 Å². The van der Waals surface area contributed by atoms with Crippen LogP contribution in [0.3, 0.4) is 0 Å². The van der Waals surface area contributed by atoms with Crippen molar-refractivity contribution in [3.63, 3.8) is 0 Å². The van der Waals surface area contributed by atoms with E-state index in [1.165, 1.54) is 0 Å². The minimum Gasteiger partial charge on any atom is -0.362 e. The molecule has 1 fully saturated rings. The third kappa shape index (κ3) is 3.22. The van der Waals surface area contributed by atoms with E-state index in [1.807, 2.05) is 13.8 Å². The van der Waals surface area contributed by atoms with Crippen LogP contribution in [0.5, 0.6) is 0 Å². The molecule has 6 heteroatoms. The van der Waals surface area contributed by atoms with Crippen LogP contribution in [-0.2, 0) is 0 Å². The van der Waals surface area contributed by atoms with Gasteiger partial charge in [0, 0.05) is 6.54 Å². The van der Waals surface area contributed by atoms with Crippen LogP contribution in [0.1, 0.15) is 26.7 Å². The van der Waals surface area contributed by atoms with Gasteiger partial charge in [0.05, 0.1) is 0 Å². The Morgan fingerprint density at radius 2 is 1.93 bits per heavy atom. The number of thiocarbonyl (C=S) groups is 1. The van der Waals surface area contributed by atoms with E-state index in [9.17, 15) is 13.2 Å². The molecular weight excluding hydrogens is 225 g/mol. The zero-order valence-electron chi connectivity index (χ0n) is 8.74. The second-order valence-electron chi connectivity index (χ2n) is 4.31. The summed E-state index contributed by atoms with van der Waals surface area (Å²) < 4.78 is 37.5. The maximum absolute atomic E-state index is 12.5. The first-order valence-corrected chi connectivity index (χ1v) is 5.30. The first-order chi connectivity index (χ1) is 6.77. The maximum Gasteiger partial charge on any atom is 0.411 e. The van der Waals surface area contributed by atoms with E-state index in [-0.39, 0.29) is 18.0 Å². The van der Waals surface area contributed by atoms with Crippen molar-refractivity contribution < 1.29 is 13.2 Å². The Morgan fingerprint density at radius 1 is 1.40 bits per heavy atom. The molecular formula is C9H15F3N2S. The molecule has 0 radical (unpaired) electrons. The number of hydrogen-bond donors (Lipinski definition) is 2. The van der Waals surface area contributed by atoms with Crippen molar-refractivity contribution in [1.29, 1.82) is 0 Å². The van der Waals surface area contributed by atoms with Gasteiger partial charge in [0.2, 0.25) is 0 Å². The molecule has 0 amide bonds. The van der Waals surface area contributed by atoms with Crippen LogP contribution in [-0.4, -0.2) is 23.4 Å². The lowest BCUT2D eigenvalue weighted by molar-refractivity contribution is -0.161. The lowest BCUT2D eigenvalue weighted by atomic mass is 10.2. The molecule has 1 rings (SSSR count). The quantitative estimate of drug-likeness (QED) is 0.740. The number of rotatable bonds is 3. The molecule has 1 aliphatic carbocycles. The molecule has 2 nitrogen and oxygen atoms in total. The molecule has 0 saturated heterocycles. The third-order valence-corrected chi connectivity index (χ3v) is 2.56. The van der Waals surface area contributed by atoms with Crippen LogP contribution in [0.4, 0.5) is 13.2 Å². The molecule has 0 aromatic heterocycles. The Labute approximate surface area is 92.6 Å². The average Bonchev–Trinajstić information content (AvgIpc) is 2.80. The lowest BCUT2D eigenvalue weighted by Gasteiger charge is -2.23. The van der Waals surface area contributed by atoms with Gasteiger partial charge in [-0.25, -0.2) is 0 Å². The van der Waals surface area contributed by atoms with Gasteiger partial charge in [-0.05, 0) is 31.0 Å². The Kier molecular flexibility index (Phi) is 3.48. The highest BCUT2D eigenvalue weighted by atomic mass is 32.1. The number of alkyl halides is 3. The molecule has 1 saturated carbocycles. The molecule has 2 N–H and O–H groups in total. The molecule has 88 valence electrons. The molecule has 0 spiro atoms. The summed E-state index contributed by atoms with van der Waals surface area (Å²) in [5, 5.41) is 5.22. The number of halogens is 3. The summed E-state index contributed by atoms with van der Waals surface area (Å²) in [5.41, 5.74) is -1.76. The molecule has 0 aromatic rings. The Hall–Kier alpha value is -0.520. The zero-order chi connectivity index (χ0) is 11.7. The molecule has 15 heavy (non-hydrogen) atoms. The monoisotopic (exact) mass is 240 g/mol. The molecule has 0 heterocycles. The minimum atomic E-state index is -4.21. The molecule has 0 atom stereocenters. The molecule has 0 aliphatic heterocycles. The molecule has 1 aliphatic rings. The van der Waals surface area contributed by atoms with Gasteiger partial charge in [-0.2, -0.15) is 13.2 Å². The predicted octanol–water partition coefficient (Wildman–Crippen LogP) is 2.20. The van der Waals surface area contributed by atoms with Gasteiger partial charge in [0.25, 0.3) is 0 Å². The fourth-order valence-corrected chi connectivity index (χ4v) is 1.44. The van der Waals surface area contributed by atoms with Crippen molar-refractivity contribution in [2.75, 3.05) is 6.54 Å². The van der Waals surface area contributed by atoms with E-state index in [4.69, 9.17) is 12.2 Å². The Balaban J connectivity index is 2.39. The van der Waals surface area contributed by atoms with Crippen molar-refractivity contribution in [1.82, 2.24) is 10.6 Å². The van der Waals surface area contributed by atoms with Gasteiger partial charge < -0.3 is 10.6 Å². The van der Waals surface area contributed by atoms with Gasteiger partial charge in [0.1, 0.15) is 5.54 Å². The molecule has 0 bridgehead atoms. The fourth-order valence-electron chi connectivity index (χ4n) is 1.16. The van der Waals surface area contributed by atoms with Crippen LogP contribution in [0.25, 0.3) is 0 Å². The highest BCUT2D eigenvalue weighted by Crippen LogP contribution is 2.48. The highest BCUT2D eigenvalue weighted by molar-refractivity contribution is 7.80. The summed E-state index contributed by atoms with van der Waals surface area (Å²) >= 11 is 4.81. The lowest BCUT2D eigenvalue weighted by Crippen LogP contribution is -2.51. The van der Waals surface area contributed by atoms with E-state index >= 15 is 0 Å². The van der Waals surface area contributed by atoms with E-state index in [0.29, 0.717) is 12.5 Å². The van der Waals surface area contributed by atoms with Crippen LogP contribution in [0, 0.1) is 5.92 Å². The number of hydrogen-bond acceptors (Lipinski definition) is 1. The first kappa shape index (κ1) is 12.5. The normalized spacial score (nSPS) is 18.8. The van der Waals surface area contributed by atoms with Crippen molar-refractivity contribution in [2.24, 2.45) is 5.92 Å². The van der Waals surface area contributed by atoms with Crippen LogP contribution >= 0.6 is 12.2 Å². The van der Waals surface area contributed by atoms with Gasteiger partial charge >= 0.3 is 6.18 Å². The van der Waals surface area contributed by atoms with Gasteiger partial charge in [-0.3, -0.25) is 0 Å². The molecule has 0 aromatic carbocycles. The topological polar surface area (TPSA) is 24.1 Å². The summed E-state index contributed by atoms with van der Waals surface area (Å²) in [4.78, 5) is 0. The van der Waals surface area contributed by atoms with Crippen molar-refractivity contribution in [2.45, 2.75) is 38.4 Å². The number of nitrogens with one attached hydrogen (secondary N) is 2. The Morgan fingerprint density at radius 3 is 2.27 bits per heavy atom. The summed E-state index contributed by atoms with van der Waals surface area (Å²) in [7, 11) is 0. The van der Waals surface area contributed by atoms with Gasteiger partial charge in [-0.1, -0.05) is 13.8 Å². The van der Waals surface area contributed by atoms with Crippen LogP contribution < -0.4 is 10.6 Å². The zero-order valence-corrected chi connectivity index (χ0v) is 9.56. The van der Waals surface area contributed by atoms with Gasteiger partial charge in [-0.15, -0.1) is 0 Å². The smallest absolute Gasteiger partial charge is 0.362 e. The second kappa shape index (κ2) is 4.15. The third-order valence-electron chi connectivity index (χ3n) is 2.32. The van der Waals surface area contributed by atoms with E-state index in [2.05, 4.69) is 10.6 Å². The van der Waals surface area contributed by atoms with Crippen molar-refractivity contribution in [3.05, 3.63) is 0 Å². The fraction of sp³-hybridized carbons (Fsp3) is 0.889. The van der Waals surface area contributed by atoms with Gasteiger partial charge in [0.15, 0.2) is 5.11 Å².